The predicted octanol–water partition coefficient (Wildman–Crippen LogP) is 4.71. The van der Waals surface area contributed by atoms with E-state index in [4.69, 9.17) is 22.1 Å². The van der Waals surface area contributed by atoms with Crippen molar-refractivity contribution in [3.63, 3.8) is 0 Å². The molecule has 1 saturated heterocycles. The minimum atomic E-state index is -0.808. The van der Waals surface area contributed by atoms with Crippen molar-refractivity contribution in [1.82, 2.24) is 14.5 Å². The van der Waals surface area contributed by atoms with Crippen LogP contribution in [0.15, 0.2) is 42.9 Å². The monoisotopic (exact) mass is 499 g/mol. The van der Waals surface area contributed by atoms with Gasteiger partial charge in [-0.15, -0.1) is 0 Å². The normalized spacial score (nSPS) is 13.7. The Morgan fingerprint density at radius 3 is 2.69 bits per heavy atom. The lowest BCUT2D eigenvalue weighted by Gasteiger charge is -2.16. The summed E-state index contributed by atoms with van der Waals surface area (Å²) in [6.45, 7) is 3.68. The maximum absolute atomic E-state index is 12.4. The molecule has 0 aliphatic carbocycles. The van der Waals surface area contributed by atoms with Crippen molar-refractivity contribution in [2.24, 2.45) is 5.73 Å². The Kier molecular flexibility index (Phi) is 7.67. The van der Waals surface area contributed by atoms with E-state index in [1.165, 1.54) is 12.8 Å². The van der Waals surface area contributed by atoms with Crippen molar-refractivity contribution in [3.05, 3.63) is 64.6 Å². The second-order valence-corrected chi connectivity index (χ2v) is 8.87. The average molecular weight is 500 g/mol. The quantitative estimate of drug-likeness (QED) is 0.467. The lowest BCUT2D eigenvalue weighted by molar-refractivity contribution is 0.100. The SMILES string of the molecule is Cc1cnc(NC(=O)OCCF)cc1-n1cc(C(N)=O)c(-c2cc(CN3CCCC3)ccc2Cl)c1. The van der Waals surface area contributed by atoms with Gasteiger partial charge in [0.1, 0.15) is 19.1 Å². The number of alkyl halides is 1. The molecule has 1 aliphatic rings. The number of aromatic nitrogens is 2. The number of ether oxygens (including phenoxy) is 1. The number of nitrogens with one attached hydrogen (secondary N) is 1. The van der Waals surface area contributed by atoms with Gasteiger partial charge in [0, 0.05) is 47.4 Å². The molecule has 1 aliphatic heterocycles. The molecule has 0 radical (unpaired) electrons. The zero-order valence-electron chi connectivity index (χ0n) is 19.4. The number of carbonyl (C=O) groups is 2. The van der Waals surface area contributed by atoms with E-state index in [0.717, 1.165) is 36.3 Å². The predicted molar refractivity (Wildman–Crippen MR) is 133 cm³/mol. The summed E-state index contributed by atoms with van der Waals surface area (Å²) in [4.78, 5) is 30.7. The van der Waals surface area contributed by atoms with Gasteiger partial charge in [-0.25, -0.2) is 14.2 Å². The highest BCUT2D eigenvalue weighted by atomic mass is 35.5. The van der Waals surface area contributed by atoms with E-state index in [2.05, 4.69) is 15.2 Å². The maximum Gasteiger partial charge on any atom is 0.412 e. The maximum atomic E-state index is 12.4. The van der Waals surface area contributed by atoms with E-state index in [1.54, 1.807) is 29.2 Å². The number of amides is 2. The highest BCUT2D eigenvalue weighted by Gasteiger charge is 2.19. The van der Waals surface area contributed by atoms with Crippen LogP contribution in [0.25, 0.3) is 16.8 Å². The second-order valence-electron chi connectivity index (χ2n) is 8.46. The van der Waals surface area contributed by atoms with Crippen LogP contribution in [0.1, 0.15) is 34.3 Å². The molecule has 2 amide bonds. The first-order valence-electron chi connectivity index (χ1n) is 11.4. The zero-order valence-corrected chi connectivity index (χ0v) is 20.1. The van der Waals surface area contributed by atoms with Gasteiger partial charge in [-0.2, -0.15) is 0 Å². The van der Waals surface area contributed by atoms with E-state index in [-0.39, 0.29) is 12.4 Å². The molecule has 184 valence electrons. The van der Waals surface area contributed by atoms with Crippen molar-refractivity contribution >= 4 is 29.4 Å². The largest absolute Gasteiger partial charge is 0.446 e. The first-order valence-corrected chi connectivity index (χ1v) is 11.7. The van der Waals surface area contributed by atoms with Crippen LogP contribution in [0.3, 0.4) is 0 Å². The van der Waals surface area contributed by atoms with Crippen LogP contribution in [0, 0.1) is 6.92 Å². The van der Waals surface area contributed by atoms with Crippen LogP contribution in [0.5, 0.6) is 0 Å². The lowest BCUT2D eigenvalue weighted by Crippen LogP contribution is -2.18. The van der Waals surface area contributed by atoms with Crippen molar-refractivity contribution in [2.75, 3.05) is 31.7 Å². The van der Waals surface area contributed by atoms with E-state index in [9.17, 15) is 14.0 Å². The van der Waals surface area contributed by atoms with Crippen molar-refractivity contribution in [3.8, 4) is 16.8 Å². The standard InChI is InChI=1S/C25H27ClFN5O3/c1-16-12-29-23(30-25(34)35-9-6-27)11-22(16)32-14-19(20(15-32)24(28)33)18-10-17(4-5-21(18)26)13-31-7-2-3-8-31/h4-5,10-12,14-15H,2-3,6-9,13H2,1H3,(H2,28,33)(H,29,30,34). The van der Waals surface area contributed by atoms with Crippen LogP contribution < -0.4 is 11.1 Å². The first kappa shape index (κ1) is 24.7. The first-order chi connectivity index (χ1) is 16.9. The molecule has 0 unspecified atom stereocenters. The zero-order chi connectivity index (χ0) is 24.9. The smallest absolute Gasteiger partial charge is 0.412 e. The Bertz CT molecular complexity index is 1240. The molecule has 3 aromatic rings. The van der Waals surface area contributed by atoms with E-state index < -0.39 is 18.7 Å². The third-order valence-corrected chi connectivity index (χ3v) is 6.24. The molecule has 4 rings (SSSR count). The molecule has 0 atom stereocenters. The Hall–Kier alpha value is -3.43. The molecule has 1 fully saturated rings. The number of hydrogen-bond acceptors (Lipinski definition) is 5. The van der Waals surface area contributed by atoms with Crippen molar-refractivity contribution in [1.29, 1.82) is 0 Å². The van der Waals surface area contributed by atoms with Crippen molar-refractivity contribution in [2.45, 2.75) is 26.3 Å². The summed E-state index contributed by atoms with van der Waals surface area (Å²) in [6, 6.07) is 7.47. The highest BCUT2D eigenvalue weighted by molar-refractivity contribution is 6.33. The fraction of sp³-hybridized carbons (Fsp3) is 0.320. The molecular formula is C25H27ClFN5O3. The van der Waals surface area contributed by atoms with Crippen molar-refractivity contribution < 1.29 is 18.7 Å². The molecule has 10 heteroatoms. The van der Waals surface area contributed by atoms with Gasteiger partial charge in [0.25, 0.3) is 5.91 Å². The molecule has 3 N–H and O–H groups in total. The highest BCUT2D eigenvalue weighted by Crippen LogP contribution is 2.34. The number of halogens is 2. The van der Waals surface area contributed by atoms with Gasteiger partial charge < -0.3 is 15.0 Å². The Labute approximate surface area is 207 Å². The topological polar surface area (TPSA) is 102 Å². The summed E-state index contributed by atoms with van der Waals surface area (Å²) in [6.07, 6.45) is 6.59. The van der Waals surface area contributed by atoms with Gasteiger partial charge in [0.15, 0.2) is 0 Å². The number of benzene rings is 1. The summed E-state index contributed by atoms with van der Waals surface area (Å²) in [5.41, 5.74) is 9.93. The van der Waals surface area contributed by atoms with E-state index in [1.807, 2.05) is 25.1 Å². The minimum Gasteiger partial charge on any atom is -0.446 e. The van der Waals surface area contributed by atoms with Gasteiger partial charge in [0.2, 0.25) is 0 Å². The van der Waals surface area contributed by atoms with Gasteiger partial charge in [-0.3, -0.25) is 15.0 Å². The molecule has 1 aromatic carbocycles. The number of nitrogens with zero attached hydrogens (tertiary/aromatic N) is 3. The summed E-state index contributed by atoms with van der Waals surface area (Å²) in [7, 11) is 0. The molecule has 2 aromatic heterocycles. The summed E-state index contributed by atoms with van der Waals surface area (Å²) < 4.78 is 18.7. The van der Waals surface area contributed by atoms with Crippen LogP contribution in [0.4, 0.5) is 15.0 Å². The average Bonchev–Trinajstić information content (AvgIpc) is 3.50. The number of hydrogen-bond donors (Lipinski definition) is 2. The number of primary amides is 1. The Morgan fingerprint density at radius 1 is 1.20 bits per heavy atom. The fourth-order valence-electron chi connectivity index (χ4n) is 4.21. The van der Waals surface area contributed by atoms with Crippen LogP contribution in [-0.2, 0) is 11.3 Å². The number of rotatable bonds is 8. The molecular weight excluding hydrogens is 473 g/mol. The minimum absolute atomic E-state index is 0.218. The third kappa shape index (κ3) is 5.80. The number of likely N-dealkylation sites (tertiary alicyclic amines) is 1. The Balaban J connectivity index is 1.69. The fourth-order valence-corrected chi connectivity index (χ4v) is 4.43. The Morgan fingerprint density at radius 2 is 1.97 bits per heavy atom. The second kappa shape index (κ2) is 10.9. The molecule has 0 spiro atoms. The van der Waals surface area contributed by atoms with Gasteiger partial charge >= 0.3 is 6.09 Å². The molecule has 35 heavy (non-hydrogen) atoms. The third-order valence-electron chi connectivity index (χ3n) is 5.91. The number of aryl methyl sites for hydroxylation is 1. The van der Waals surface area contributed by atoms with Crippen LogP contribution in [-0.4, -0.2) is 52.8 Å². The number of anilines is 1. The molecule has 0 saturated carbocycles. The number of pyridine rings is 1. The summed E-state index contributed by atoms with van der Waals surface area (Å²) >= 11 is 6.56. The summed E-state index contributed by atoms with van der Waals surface area (Å²) in [5.74, 6) is -0.365. The number of carbonyl (C=O) groups excluding carboxylic acids is 2. The van der Waals surface area contributed by atoms with Gasteiger partial charge in [0.05, 0.1) is 11.3 Å². The van der Waals surface area contributed by atoms with E-state index in [0.29, 0.717) is 21.8 Å². The molecule has 3 heterocycles. The molecule has 0 bridgehead atoms. The van der Waals surface area contributed by atoms with Gasteiger partial charge in [-0.05, 0) is 56.1 Å². The van der Waals surface area contributed by atoms with Gasteiger partial charge in [-0.1, -0.05) is 17.7 Å². The van der Waals surface area contributed by atoms with Crippen LogP contribution in [0.2, 0.25) is 5.02 Å². The van der Waals surface area contributed by atoms with Crippen LogP contribution >= 0.6 is 11.6 Å². The number of nitrogens with two attached hydrogens (primary N) is 1. The summed E-state index contributed by atoms with van der Waals surface area (Å²) in [5, 5.41) is 2.98. The van der Waals surface area contributed by atoms with E-state index >= 15 is 0 Å². The lowest BCUT2D eigenvalue weighted by atomic mass is 10.0. The molecule has 8 nitrogen and oxygen atoms in total.